The van der Waals surface area contributed by atoms with Gasteiger partial charge in [0.05, 0.1) is 16.8 Å². The average molecular weight is 513 g/mol. The Morgan fingerprint density at radius 2 is 1.32 bits per heavy atom. The van der Waals surface area contributed by atoms with Crippen molar-refractivity contribution in [3.63, 3.8) is 0 Å². The number of nitrogens with zero attached hydrogens (tertiary/aromatic N) is 1. The van der Waals surface area contributed by atoms with Gasteiger partial charge in [-0.25, -0.2) is 0 Å². The molecule has 9 rings (SSSR count). The van der Waals surface area contributed by atoms with Crippen molar-refractivity contribution in [2.45, 2.75) is 12.8 Å². The fraction of sp³-hybridized carbons (Fsp3) is 0.0556. The first-order valence-corrected chi connectivity index (χ1v) is 13.9. The van der Waals surface area contributed by atoms with E-state index in [0.29, 0.717) is 0 Å². The highest BCUT2D eigenvalue weighted by atomic mass is 16.5. The summed E-state index contributed by atoms with van der Waals surface area (Å²) >= 11 is 0. The van der Waals surface area contributed by atoms with Crippen molar-refractivity contribution >= 4 is 39.4 Å². The monoisotopic (exact) mass is 513 g/mol. The zero-order chi connectivity index (χ0) is 26.2. The number of hydrogen-bond donors (Lipinski definition) is 0. The van der Waals surface area contributed by atoms with Gasteiger partial charge in [0.15, 0.2) is 0 Å². The summed E-state index contributed by atoms with van der Waals surface area (Å²) in [4.78, 5) is 0. The Balaban J connectivity index is 1.13. The van der Waals surface area contributed by atoms with Crippen LogP contribution >= 0.6 is 0 Å². The van der Waals surface area contributed by atoms with Crippen LogP contribution in [0.3, 0.4) is 0 Å². The topological polar surface area (TPSA) is 23.4 Å². The molecule has 1 aliphatic carbocycles. The molecule has 0 amide bonds. The molecule has 6 aromatic rings. The summed E-state index contributed by atoms with van der Waals surface area (Å²) in [6, 6.07) is 39.0. The number of ether oxygens (including phenoxy) is 2. The Hall–Kier alpha value is -4.96. The predicted molar refractivity (Wildman–Crippen MR) is 164 cm³/mol. The first kappa shape index (κ1) is 21.9. The molecule has 2 aliphatic heterocycles. The van der Waals surface area contributed by atoms with E-state index in [4.69, 9.17) is 9.47 Å². The summed E-state index contributed by atoms with van der Waals surface area (Å²) in [5.74, 6) is 3.83. The normalized spacial score (nSPS) is 14.9. The molecule has 0 saturated heterocycles. The number of benzene rings is 5. The minimum atomic E-state index is 0.141. The highest BCUT2D eigenvalue weighted by Gasteiger charge is 2.40. The van der Waals surface area contributed by atoms with Crippen LogP contribution in [0.5, 0.6) is 17.2 Å². The van der Waals surface area contributed by atoms with Crippen LogP contribution in [0.15, 0.2) is 133 Å². The molecule has 4 heteroatoms. The SMILES string of the molecule is C1=CC2=C(CC1)Oc1cccc3c1B2c1ccc(-c2ccc(-n4c5ccccc5c5ccccc54)cc2)cc1O3. The van der Waals surface area contributed by atoms with Gasteiger partial charge < -0.3 is 14.0 Å². The molecular weight excluding hydrogens is 489 g/mol. The maximum absolute atomic E-state index is 6.51. The third-order valence-corrected chi connectivity index (χ3v) is 8.60. The molecule has 0 radical (unpaired) electrons. The number of hydrogen-bond acceptors (Lipinski definition) is 2. The lowest BCUT2D eigenvalue weighted by atomic mass is 9.34. The molecule has 3 heterocycles. The number of rotatable bonds is 2. The summed E-state index contributed by atoms with van der Waals surface area (Å²) in [6.45, 7) is 0.141. The van der Waals surface area contributed by atoms with Crippen molar-refractivity contribution in [3.05, 3.63) is 133 Å². The lowest BCUT2D eigenvalue weighted by molar-refractivity contribution is 0.396. The van der Waals surface area contributed by atoms with Gasteiger partial charge in [-0.05, 0) is 70.9 Å². The van der Waals surface area contributed by atoms with Crippen LogP contribution in [0.2, 0.25) is 0 Å². The van der Waals surface area contributed by atoms with Gasteiger partial charge in [-0.1, -0.05) is 78.9 Å². The van der Waals surface area contributed by atoms with Crippen LogP contribution in [-0.4, -0.2) is 11.3 Å². The molecule has 1 aromatic heterocycles. The highest BCUT2D eigenvalue weighted by Crippen LogP contribution is 2.39. The minimum absolute atomic E-state index is 0.141. The van der Waals surface area contributed by atoms with E-state index >= 15 is 0 Å². The van der Waals surface area contributed by atoms with Crippen molar-refractivity contribution in [2.75, 3.05) is 0 Å². The summed E-state index contributed by atoms with van der Waals surface area (Å²) in [7, 11) is 0. The van der Waals surface area contributed by atoms with E-state index < -0.39 is 0 Å². The van der Waals surface area contributed by atoms with E-state index in [1.54, 1.807) is 0 Å². The third-order valence-electron chi connectivity index (χ3n) is 8.60. The zero-order valence-corrected chi connectivity index (χ0v) is 21.8. The van der Waals surface area contributed by atoms with Crippen LogP contribution in [0.4, 0.5) is 0 Å². The van der Waals surface area contributed by atoms with Crippen molar-refractivity contribution in [1.29, 1.82) is 0 Å². The van der Waals surface area contributed by atoms with Gasteiger partial charge in [0, 0.05) is 28.3 Å². The molecule has 3 aliphatic rings. The Morgan fingerprint density at radius 3 is 2.10 bits per heavy atom. The number of aromatic nitrogens is 1. The standard InChI is InChI=1S/C36H24BNO2/c1-4-11-30-26(8-1)27-9-2-5-12-31(27)38(30)25-19-16-23(17-20-25)24-18-21-29-35(22-24)40-34-15-7-14-33-36(34)37(29)28-10-3-6-13-32(28)39-33/h1-5,7-12,14-22H,6,13H2. The van der Waals surface area contributed by atoms with Gasteiger partial charge in [0.25, 0.3) is 6.71 Å². The third kappa shape index (κ3) is 3.08. The molecule has 0 unspecified atom stereocenters. The minimum Gasteiger partial charge on any atom is -0.463 e. The molecule has 0 fully saturated rings. The molecule has 0 atom stereocenters. The van der Waals surface area contributed by atoms with Gasteiger partial charge in [-0.15, -0.1) is 0 Å². The van der Waals surface area contributed by atoms with Gasteiger partial charge in [0.1, 0.15) is 17.2 Å². The summed E-state index contributed by atoms with van der Waals surface area (Å²) in [6.07, 6.45) is 6.48. The highest BCUT2D eigenvalue weighted by molar-refractivity contribution is 6.93. The van der Waals surface area contributed by atoms with Gasteiger partial charge in [-0.2, -0.15) is 0 Å². The second-order valence-electron chi connectivity index (χ2n) is 10.8. The maximum atomic E-state index is 6.51. The Morgan fingerprint density at radius 1 is 0.625 bits per heavy atom. The van der Waals surface area contributed by atoms with Crippen LogP contribution in [0.1, 0.15) is 12.8 Å². The fourth-order valence-corrected chi connectivity index (χ4v) is 6.79. The van der Waals surface area contributed by atoms with Gasteiger partial charge in [-0.3, -0.25) is 0 Å². The molecular formula is C36H24BNO2. The molecule has 5 aromatic carbocycles. The van der Waals surface area contributed by atoms with Crippen LogP contribution < -0.4 is 20.4 Å². The van der Waals surface area contributed by atoms with Gasteiger partial charge in [0.2, 0.25) is 0 Å². The zero-order valence-electron chi connectivity index (χ0n) is 21.8. The van der Waals surface area contributed by atoms with Crippen molar-refractivity contribution in [3.8, 4) is 34.1 Å². The number of para-hydroxylation sites is 2. The predicted octanol–water partition coefficient (Wildman–Crippen LogP) is 7.70. The summed E-state index contributed by atoms with van der Waals surface area (Å²) in [5, 5.41) is 2.55. The van der Waals surface area contributed by atoms with Crippen LogP contribution in [-0.2, 0) is 0 Å². The van der Waals surface area contributed by atoms with Crippen LogP contribution in [0, 0.1) is 0 Å². The molecule has 0 saturated carbocycles. The van der Waals surface area contributed by atoms with E-state index in [-0.39, 0.29) is 6.71 Å². The van der Waals surface area contributed by atoms with E-state index in [0.717, 1.165) is 52.6 Å². The number of allylic oxidation sites excluding steroid dienone is 4. The molecule has 40 heavy (non-hydrogen) atoms. The van der Waals surface area contributed by atoms with Crippen molar-refractivity contribution < 1.29 is 9.47 Å². The van der Waals surface area contributed by atoms with Crippen LogP contribution in [0.25, 0.3) is 38.6 Å². The first-order chi connectivity index (χ1) is 19.8. The Kier molecular flexibility index (Phi) is 4.53. The fourth-order valence-electron chi connectivity index (χ4n) is 6.79. The van der Waals surface area contributed by atoms with E-state index in [1.165, 1.54) is 38.3 Å². The van der Waals surface area contributed by atoms with Gasteiger partial charge >= 0.3 is 0 Å². The molecule has 0 spiro atoms. The number of fused-ring (bicyclic) bond motifs is 6. The molecule has 0 N–H and O–H groups in total. The smallest absolute Gasteiger partial charge is 0.260 e. The van der Waals surface area contributed by atoms with Crippen molar-refractivity contribution in [1.82, 2.24) is 4.57 Å². The lowest BCUT2D eigenvalue weighted by Crippen LogP contribution is -2.51. The lowest BCUT2D eigenvalue weighted by Gasteiger charge is -2.34. The molecule has 3 nitrogen and oxygen atoms in total. The van der Waals surface area contributed by atoms with E-state index in [1.807, 2.05) is 6.07 Å². The van der Waals surface area contributed by atoms with E-state index in [9.17, 15) is 0 Å². The Bertz CT molecular complexity index is 2010. The largest absolute Gasteiger partial charge is 0.463 e. The average Bonchev–Trinajstić information content (AvgIpc) is 3.35. The maximum Gasteiger partial charge on any atom is 0.260 e. The first-order valence-electron chi connectivity index (χ1n) is 13.9. The second-order valence-corrected chi connectivity index (χ2v) is 10.8. The van der Waals surface area contributed by atoms with E-state index in [2.05, 4.69) is 120 Å². The summed E-state index contributed by atoms with van der Waals surface area (Å²) in [5.41, 5.74) is 9.52. The molecule has 0 bridgehead atoms. The second kappa shape index (κ2) is 8.27. The quantitative estimate of drug-likeness (QED) is 0.222. The molecule has 188 valence electrons. The van der Waals surface area contributed by atoms with Crippen molar-refractivity contribution in [2.24, 2.45) is 0 Å². The summed E-state index contributed by atoms with van der Waals surface area (Å²) < 4.78 is 15.2. The Labute approximate surface area is 232 Å².